The van der Waals surface area contributed by atoms with Gasteiger partial charge in [-0.2, -0.15) is 13.5 Å². The highest BCUT2D eigenvalue weighted by atomic mass is 32.2. The highest BCUT2D eigenvalue weighted by molar-refractivity contribution is 7.89. The van der Waals surface area contributed by atoms with Crippen LogP contribution in [0.5, 0.6) is 0 Å². The smallest absolute Gasteiger partial charge is 0.258 e. The van der Waals surface area contributed by atoms with E-state index in [9.17, 15) is 28.6 Å². The van der Waals surface area contributed by atoms with Crippen molar-refractivity contribution in [2.45, 2.75) is 4.90 Å². The average molecular weight is 350 g/mol. The molecule has 0 fully saturated rings. The zero-order chi connectivity index (χ0) is 17.7. The number of nitrogens with one attached hydrogen (secondary N) is 1. The van der Waals surface area contributed by atoms with Crippen molar-refractivity contribution in [1.82, 2.24) is 4.83 Å². The molecule has 0 amide bonds. The molecule has 124 valence electrons. The van der Waals surface area contributed by atoms with Crippen molar-refractivity contribution in [2.75, 3.05) is 0 Å². The average Bonchev–Trinajstić information content (AvgIpc) is 2.55. The number of hydrogen-bond acceptors (Lipinski definition) is 7. The second-order valence-corrected chi connectivity index (χ2v) is 6.12. The van der Waals surface area contributed by atoms with Crippen molar-refractivity contribution >= 4 is 27.6 Å². The van der Waals surface area contributed by atoms with Crippen molar-refractivity contribution in [3.8, 4) is 0 Å². The molecule has 2 rings (SSSR count). The lowest BCUT2D eigenvalue weighted by Crippen LogP contribution is -2.18. The molecule has 0 saturated heterocycles. The second kappa shape index (κ2) is 6.83. The van der Waals surface area contributed by atoms with Crippen LogP contribution in [0.1, 0.15) is 5.56 Å². The van der Waals surface area contributed by atoms with Gasteiger partial charge in [0.1, 0.15) is 0 Å². The van der Waals surface area contributed by atoms with Gasteiger partial charge in [-0.25, -0.2) is 4.83 Å². The minimum absolute atomic E-state index is 0.155. The van der Waals surface area contributed by atoms with E-state index in [-0.39, 0.29) is 16.3 Å². The molecule has 11 heteroatoms. The molecular weight excluding hydrogens is 340 g/mol. The SMILES string of the molecule is O=[N+]([O-])c1ccc(S(=O)(=O)N/N=C\c2cccc([N+](=O)[O-])c2)cc1. The number of rotatable bonds is 6. The van der Waals surface area contributed by atoms with E-state index in [1.54, 1.807) is 0 Å². The maximum Gasteiger partial charge on any atom is 0.276 e. The number of nitrogens with zero attached hydrogens (tertiary/aromatic N) is 3. The Morgan fingerprint density at radius 3 is 2.17 bits per heavy atom. The van der Waals surface area contributed by atoms with Crippen LogP contribution in [0.3, 0.4) is 0 Å². The van der Waals surface area contributed by atoms with E-state index >= 15 is 0 Å². The van der Waals surface area contributed by atoms with E-state index < -0.39 is 19.9 Å². The standard InChI is InChI=1S/C13H10N4O6S/c18-16(19)11-4-6-13(7-5-11)24(22,23)15-14-9-10-2-1-3-12(8-10)17(20)21/h1-9,15H/b14-9-. The monoisotopic (exact) mass is 350 g/mol. The van der Waals surface area contributed by atoms with Gasteiger partial charge < -0.3 is 0 Å². The number of nitro benzene ring substituents is 2. The van der Waals surface area contributed by atoms with Crippen LogP contribution in [0.4, 0.5) is 11.4 Å². The van der Waals surface area contributed by atoms with Gasteiger partial charge in [-0.15, -0.1) is 0 Å². The zero-order valence-corrected chi connectivity index (χ0v) is 12.7. The lowest BCUT2D eigenvalue weighted by molar-refractivity contribution is -0.385. The first-order valence-corrected chi connectivity index (χ1v) is 7.82. The summed E-state index contributed by atoms with van der Waals surface area (Å²) in [4.78, 5) is 21.7. The molecule has 0 aliphatic rings. The minimum Gasteiger partial charge on any atom is -0.258 e. The van der Waals surface area contributed by atoms with Gasteiger partial charge in [-0.1, -0.05) is 12.1 Å². The van der Waals surface area contributed by atoms with Gasteiger partial charge in [-0.05, 0) is 12.1 Å². The van der Waals surface area contributed by atoms with Crippen LogP contribution < -0.4 is 4.83 Å². The first-order chi connectivity index (χ1) is 11.3. The van der Waals surface area contributed by atoms with Gasteiger partial charge in [0.2, 0.25) is 0 Å². The Morgan fingerprint density at radius 1 is 0.958 bits per heavy atom. The fourth-order valence-electron chi connectivity index (χ4n) is 1.69. The van der Waals surface area contributed by atoms with Crippen LogP contribution in [0, 0.1) is 20.2 Å². The van der Waals surface area contributed by atoms with Crippen LogP contribution in [-0.2, 0) is 10.0 Å². The highest BCUT2D eigenvalue weighted by Crippen LogP contribution is 2.15. The predicted molar refractivity (Wildman–Crippen MR) is 84.1 cm³/mol. The largest absolute Gasteiger partial charge is 0.276 e. The lowest BCUT2D eigenvalue weighted by Gasteiger charge is -2.02. The Hall–Kier alpha value is -3.34. The van der Waals surface area contributed by atoms with Crippen molar-refractivity contribution in [3.05, 3.63) is 74.3 Å². The molecule has 0 unspecified atom stereocenters. The summed E-state index contributed by atoms with van der Waals surface area (Å²) in [5, 5.41) is 24.7. The summed E-state index contributed by atoms with van der Waals surface area (Å²) < 4.78 is 24.0. The summed E-state index contributed by atoms with van der Waals surface area (Å²) in [6, 6.07) is 9.72. The Bertz CT molecular complexity index is 908. The van der Waals surface area contributed by atoms with Crippen molar-refractivity contribution in [2.24, 2.45) is 5.10 Å². The Kier molecular flexibility index (Phi) is 4.84. The van der Waals surface area contributed by atoms with E-state index in [0.29, 0.717) is 5.56 Å². The van der Waals surface area contributed by atoms with Crippen LogP contribution >= 0.6 is 0 Å². The maximum atomic E-state index is 12.0. The minimum atomic E-state index is -4.00. The third kappa shape index (κ3) is 4.10. The second-order valence-electron chi connectivity index (χ2n) is 4.46. The number of non-ortho nitro benzene ring substituents is 2. The van der Waals surface area contributed by atoms with Gasteiger partial charge >= 0.3 is 0 Å². The van der Waals surface area contributed by atoms with E-state index in [1.165, 1.54) is 24.3 Å². The molecule has 0 radical (unpaired) electrons. The van der Waals surface area contributed by atoms with Crippen LogP contribution in [-0.4, -0.2) is 24.5 Å². The van der Waals surface area contributed by atoms with Crippen LogP contribution in [0.15, 0.2) is 58.5 Å². The third-order valence-electron chi connectivity index (χ3n) is 2.83. The summed E-state index contributed by atoms with van der Waals surface area (Å²) in [5.74, 6) is 0. The molecule has 0 aromatic heterocycles. The van der Waals surface area contributed by atoms with Gasteiger partial charge in [-0.3, -0.25) is 20.2 Å². The fraction of sp³-hybridized carbons (Fsp3) is 0. The molecule has 0 heterocycles. The normalized spacial score (nSPS) is 11.3. The molecule has 0 aliphatic carbocycles. The summed E-state index contributed by atoms with van der Waals surface area (Å²) in [7, 11) is -4.00. The predicted octanol–water partition coefficient (Wildman–Crippen LogP) is 1.82. The van der Waals surface area contributed by atoms with E-state index in [1.807, 2.05) is 4.83 Å². The first kappa shape index (κ1) is 17.0. The molecule has 0 bridgehead atoms. The van der Waals surface area contributed by atoms with Gasteiger partial charge in [0.05, 0.1) is 21.0 Å². The number of hydrazone groups is 1. The van der Waals surface area contributed by atoms with E-state index in [2.05, 4.69) is 5.10 Å². The van der Waals surface area contributed by atoms with Crippen LogP contribution in [0.25, 0.3) is 0 Å². The Labute approximate surface area is 135 Å². The molecular formula is C13H10N4O6S. The van der Waals surface area contributed by atoms with Crippen molar-refractivity contribution in [3.63, 3.8) is 0 Å². The lowest BCUT2D eigenvalue weighted by atomic mass is 10.2. The summed E-state index contributed by atoms with van der Waals surface area (Å²) in [6.07, 6.45) is 1.11. The molecule has 10 nitrogen and oxygen atoms in total. The maximum absolute atomic E-state index is 12.0. The number of hydrogen-bond donors (Lipinski definition) is 1. The molecule has 0 aliphatic heterocycles. The summed E-state index contributed by atoms with van der Waals surface area (Å²) >= 11 is 0. The summed E-state index contributed by atoms with van der Waals surface area (Å²) in [6.45, 7) is 0. The number of sulfonamides is 1. The zero-order valence-electron chi connectivity index (χ0n) is 11.9. The van der Waals surface area contributed by atoms with Gasteiger partial charge in [0.25, 0.3) is 21.4 Å². The van der Waals surface area contributed by atoms with Crippen LogP contribution in [0.2, 0.25) is 0 Å². The highest BCUT2D eigenvalue weighted by Gasteiger charge is 2.14. The third-order valence-corrected chi connectivity index (χ3v) is 4.06. The quantitative estimate of drug-likeness (QED) is 0.478. The molecule has 0 spiro atoms. The van der Waals surface area contributed by atoms with E-state index in [0.717, 1.165) is 30.5 Å². The fourth-order valence-corrected chi connectivity index (χ4v) is 2.48. The summed E-state index contributed by atoms with van der Waals surface area (Å²) in [5.41, 5.74) is -0.0678. The van der Waals surface area contributed by atoms with Gasteiger partial charge in [0, 0.05) is 29.8 Å². The van der Waals surface area contributed by atoms with Gasteiger partial charge in [0.15, 0.2) is 0 Å². The van der Waals surface area contributed by atoms with E-state index in [4.69, 9.17) is 0 Å². The molecule has 1 N–H and O–H groups in total. The molecule has 0 saturated carbocycles. The van der Waals surface area contributed by atoms with Crippen molar-refractivity contribution in [1.29, 1.82) is 0 Å². The molecule has 2 aromatic carbocycles. The first-order valence-electron chi connectivity index (χ1n) is 6.33. The topological polar surface area (TPSA) is 145 Å². The van der Waals surface area contributed by atoms with Crippen molar-refractivity contribution < 1.29 is 18.3 Å². The molecule has 24 heavy (non-hydrogen) atoms. The Morgan fingerprint density at radius 2 is 1.58 bits per heavy atom. The number of benzene rings is 2. The Balaban J connectivity index is 2.13. The molecule has 0 atom stereocenters. The number of nitro groups is 2. The molecule has 2 aromatic rings.